The van der Waals surface area contributed by atoms with E-state index in [-0.39, 0.29) is 6.04 Å². The van der Waals surface area contributed by atoms with Crippen LogP contribution in [0.5, 0.6) is 0 Å². The van der Waals surface area contributed by atoms with Crippen molar-refractivity contribution < 1.29 is 9.84 Å². The lowest BCUT2D eigenvalue weighted by molar-refractivity contribution is -0.101. The fourth-order valence-corrected chi connectivity index (χ4v) is 2.86. The van der Waals surface area contributed by atoms with Crippen LogP contribution in [0.1, 0.15) is 38.5 Å². The second-order valence-electron chi connectivity index (χ2n) is 4.87. The first-order valence-electron chi connectivity index (χ1n) is 5.76. The van der Waals surface area contributed by atoms with E-state index in [4.69, 9.17) is 10.5 Å². The van der Waals surface area contributed by atoms with Crippen LogP contribution in [-0.4, -0.2) is 30.0 Å². The van der Waals surface area contributed by atoms with Crippen LogP contribution < -0.4 is 5.73 Å². The van der Waals surface area contributed by atoms with Crippen LogP contribution in [0.25, 0.3) is 0 Å². The third-order valence-electron chi connectivity index (χ3n) is 3.72. The molecule has 1 saturated carbocycles. The predicted molar refractivity (Wildman–Crippen MR) is 54.9 cm³/mol. The Morgan fingerprint density at radius 1 is 1.29 bits per heavy atom. The Labute approximate surface area is 85.6 Å². The van der Waals surface area contributed by atoms with Gasteiger partial charge < -0.3 is 15.6 Å². The monoisotopic (exact) mass is 199 g/mol. The van der Waals surface area contributed by atoms with E-state index in [9.17, 15) is 5.11 Å². The summed E-state index contributed by atoms with van der Waals surface area (Å²) in [4.78, 5) is 0. The van der Waals surface area contributed by atoms with E-state index in [0.29, 0.717) is 5.92 Å². The summed E-state index contributed by atoms with van der Waals surface area (Å²) in [6, 6.07) is 0.190. The van der Waals surface area contributed by atoms with Crippen molar-refractivity contribution in [1.82, 2.24) is 0 Å². The Morgan fingerprint density at radius 2 is 2.14 bits per heavy atom. The Balaban J connectivity index is 1.98. The molecule has 3 nitrogen and oxygen atoms in total. The molecule has 1 saturated heterocycles. The molecule has 2 aliphatic rings. The van der Waals surface area contributed by atoms with Gasteiger partial charge in [0.2, 0.25) is 0 Å². The third kappa shape index (κ3) is 2.10. The second-order valence-corrected chi connectivity index (χ2v) is 4.87. The Morgan fingerprint density at radius 3 is 2.79 bits per heavy atom. The highest BCUT2D eigenvalue weighted by Crippen LogP contribution is 2.37. The third-order valence-corrected chi connectivity index (χ3v) is 3.72. The summed E-state index contributed by atoms with van der Waals surface area (Å²) in [5.41, 5.74) is 5.39. The van der Waals surface area contributed by atoms with E-state index >= 15 is 0 Å². The van der Waals surface area contributed by atoms with E-state index in [0.717, 1.165) is 51.7 Å². The average Bonchev–Trinajstić information content (AvgIpc) is 2.19. The second kappa shape index (κ2) is 4.17. The molecule has 2 rings (SSSR count). The van der Waals surface area contributed by atoms with Gasteiger partial charge >= 0.3 is 0 Å². The highest BCUT2D eigenvalue weighted by atomic mass is 16.5. The molecule has 0 aromatic carbocycles. The first-order valence-corrected chi connectivity index (χ1v) is 5.76. The SMILES string of the molecule is NC1CCCC(O)(C2CCCOC2)C1. The fraction of sp³-hybridized carbons (Fsp3) is 1.00. The van der Waals surface area contributed by atoms with E-state index in [1.807, 2.05) is 0 Å². The summed E-state index contributed by atoms with van der Waals surface area (Å²) in [6.45, 7) is 1.59. The van der Waals surface area contributed by atoms with E-state index < -0.39 is 5.60 Å². The number of aliphatic hydroxyl groups is 1. The quantitative estimate of drug-likeness (QED) is 0.663. The number of ether oxygens (including phenoxy) is 1. The minimum atomic E-state index is -0.530. The molecule has 1 heterocycles. The van der Waals surface area contributed by atoms with Gasteiger partial charge in [-0.05, 0) is 38.5 Å². The summed E-state index contributed by atoms with van der Waals surface area (Å²) >= 11 is 0. The summed E-state index contributed by atoms with van der Waals surface area (Å²) in [5, 5.41) is 10.5. The molecule has 82 valence electrons. The Kier molecular flexibility index (Phi) is 3.10. The average molecular weight is 199 g/mol. The number of hydrogen-bond acceptors (Lipinski definition) is 3. The van der Waals surface area contributed by atoms with Crippen LogP contribution in [0.4, 0.5) is 0 Å². The van der Waals surface area contributed by atoms with Crippen molar-refractivity contribution in [2.75, 3.05) is 13.2 Å². The van der Waals surface area contributed by atoms with Gasteiger partial charge in [-0.15, -0.1) is 0 Å². The van der Waals surface area contributed by atoms with Crippen molar-refractivity contribution >= 4 is 0 Å². The van der Waals surface area contributed by atoms with E-state index in [1.165, 1.54) is 0 Å². The molecular weight excluding hydrogens is 178 g/mol. The predicted octanol–water partition coefficient (Wildman–Crippen LogP) is 1.05. The molecule has 0 aromatic rings. The highest BCUT2D eigenvalue weighted by molar-refractivity contribution is 4.94. The van der Waals surface area contributed by atoms with Crippen molar-refractivity contribution in [1.29, 1.82) is 0 Å². The highest BCUT2D eigenvalue weighted by Gasteiger charge is 2.40. The topological polar surface area (TPSA) is 55.5 Å². The van der Waals surface area contributed by atoms with E-state index in [2.05, 4.69) is 0 Å². The van der Waals surface area contributed by atoms with Gasteiger partial charge in [-0.25, -0.2) is 0 Å². The standard InChI is InChI=1S/C11H21NO2/c12-10-4-1-5-11(13,7-10)9-3-2-6-14-8-9/h9-10,13H,1-8,12H2. The molecule has 3 unspecified atom stereocenters. The molecule has 2 fully saturated rings. The molecule has 14 heavy (non-hydrogen) atoms. The van der Waals surface area contributed by atoms with Crippen molar-refractivity contribution in [2.24, 2.45) is 11.7 Å². The van der Waals surface area contributed by atoms with Crippen LogP contribution in [0.2, 0.25) is 0 Å². The van der Waals surface area contributed by atoms with Gasteiger partial charge in [0, 0.05) is 18.6 Å². The molecule has 3 heteroatoms. The maximum atomic E-state index is 10.5. The van der Waals surface area contributed by atoms with Crippen LogP contribution >= 0.6 is 0 Å². The van der Waals surface area contributed by atoms with Gasteiger partial charge in [-0.3, -0.25) is 0 Å². The van der Waals surface area contributed by atoms with Gasteiger partial charge in [-0.2, -0.15) is 0 Å². The van der Waals surface area contributed by atoms with Crippen molar-refractivity contribution in [3.63, 3.8) is 0 Å². The summed E-state index contributed by atoms with van der Waals surface area (Å²) in [5.74, 6) is 0.322. The number of nitrogens with two attached hydrogens (primary N) is 1. The van der Waals surface area contributed by atoms with Gasteiger partial charge in [0.15, 0.2) is 0 Å². The largest absolute Gasteiger partial charge is 0.389 e. The minimum Gasteiger partial charge on any atom is -0.389 e. The van der Waals surface area contributed by atoms with Gasteiger partial charge in [0.1, 0.15) is 0 Å². The summed E-state index contributed by atoms with van der Waals surface area (Å²) < 4.78 is 5.43. The minimum absolute atomic E-state index is 0.190. The van der Waals surface area contributed by atoms with Crippen molar-refractivity contribution in [3.8, 4) is 0 Å². The zero-order valence-electron chi connectivity index (χ0n) is 8.74. The maximum absolute atomic E-state index is 10.5. The molecule has 3 atom stereocenters. The lowest BCUT2D eigenvalue weighted by atomic mass is 9.72. The van der Waals surface area contributed by atoms with Crippen molar-refractivity contribution in [2.45, 2.75) is 50.2 Å². The molecule has 0 amide bonds. The number of hydrogen-bond donors (Lipinski definition) is 2. The van der Waals surface area contributed by atoms with Crippen LogP contribution in [0, 0.1) is 5.92 Å². The van der Waals surface area contributed by atoms with Gasteiger partial charge in [0.25, 0.3) is 0 Å². The van der Waals surface area contributed by atoms with E-state index in [1.54, 1.807) is 0 Å². The Hall–Kier alpha value is -0.120. The zero-order valence-corrected chi connectivity index (χ0v) is 8.74. The molecule has 1 aliphatic heterocycles. The smallest absolute Gasteiger partial charge is 0.0712 e. The molecule has 1 aliphatic carbocycles. The zero-order chi connectivity index (χ0) is 10.0. The molecule has 3 N–H and O–H groups in total. The first-order chi connectivity index (χ1) is 6.71. The number of rotatable bonds is 1. The molecule has 0 aromatic heterocycles. The lowest BCUT2D eigenvalue weighted by Gasteiger charge is -2.42. The molecular formula is C11H21NO2. The van der Waals surface area contributed by atoms with Crippen LogP contribution in [0.3, 0.4) is 0 Å². The molecule has 0 bridgehead atoms. The molecule has 0 spiro atoms. The lowest BCUT2D eigenvalue weighted by Crippen LogP contribution is -2.49. The van der Waals surface area contributed by atoms with Crippen molar-refractivity contribution in [3.05, 3.63) is 0 Å². The Bertz CT molecular complexity index is 192. The molecule has 0 radical (unpaired) electrons. The maximum Gasteiger partial charge on any atom is 0.0712 e. The first kappa shape index (κ1) is 10.4. The summed E-state index contributed by atoms with van der Waals surface area (Å²) in [6.07, 6.45) is 5.99. The van der Waals surface area contributed by atoms with Gasteiger partial charge in [0.05, 0.1) is 12.2 Å². The fourth-order valence-electron chi connectivity index (χ4n) is 2.86. The summed E-state index contributed by atoms with van der Waals surface area (Å²) in [7, 11) is 0. The van der Waals surface area contributed by atoms with Gasteiger partial charge in [-0.1, -0.05) is 0 Å². The normalized spacial score (nSPS) is 45.0. The van der Waals surface area contributed by atoms with Crippen LogP contribution in [0.15, 0.2) is 0 Å². The van der Waals surface area contributed by atoms with Crippen LogP contribution in [-0.2, 0) is 4.74 Å².